The van der Waals surface area contributed by atoms with Crippen LogP contribution in [0.4, 0.5) is 13.2 Å². The highest BCUT2D eigenvalue weighted by molar-refractivity contribution is 5.96. The summed E-state index contributed by atoms with van der Waals surface area (Å²) in [4.78, 5) is 26.8. The second kappa shape index (κ2) is 10.9. The minimum atomic E-state index is -1.38. The second-order valence-corrected chi connectivity index (χ2v) is 9.76. The molecule has 1 atom stereocenters. The Bertz CT molecular complexity index is 1560. The number of nitrogens with one attached hydrogen (secondary N) is 1. The Balaban J connectivity index is 1.43. The van der Waals surface area contributed by atoms with Crippen molar-refractivity contribution in [1.82, 2.24) is 20.0 Å². The number of carboxylic acids is 1. The molecule has 1 aliphatic heterocycles. The largest absolute Gasteiger partial charge is 0.488 e. The molecular formula is C29H27F3N4O4. The van der Waals surface area contributed by atoms with Crippen LogP contribution in [0.2, 0.25) is 0 Å². The van der Waals surface area contributed by atoms with Crippen molar-refractivity contribution in [3.8, 4) is 17.0 Å². The number of carbonyl (C=O) groups is 2. The lowest BCUT2D eigenvalue weighted by molar-refractivity contribution is -0.132. The van der Waals surface area contributed by atoms with E-state index < -0.39 is 29.7 Å². The van der Waals surface area contributed by atoms with Crippen LogP contribution in [0.5, 0.6) is 5.75 Å². The van der Waals surface area contributed by atoms with Crippen LogP contribution in [0.25, 0.3) is 11.3 Å². The molecule has 0 saturated carbocycles. The van der Waals surface area contributed by atoms with Gasteiger partial charge in [-0.3, -0.25) is 9.48 Å². The Morgan fingerprint density at radius 3 is 2.75 bits per heavy atom. The van der Waals surface area contributed by atoms with E-state index in [0.717, 1.165) is 23.3 Å². The Kier molecular flexibility index (Phi) is 7.38. The van der Waals surface area contributed by atoms with E-state index in [1.807, 2.05) is 31.2 Å². The molecule has 5 rings (SSSR count). The summed E-state index contributed by atoms with van der Waals surface area (Å²) in [6, 6.07) is 9.65. The number of aliphatic carboxylic acids is 1. The van der Waals surface area contributed by atoms with Gasteiger partial charge in [0.25, 0.3) is 5.91 Å². The summed E-state index contributed by atoms with van der Waals surface area (Å²) >= 11 is 0. The molecule has 2 N–H and O–H groups in total. The SMILES string of the molecule is Cc1cccc(CN(CCNC2=CC(C(=O)O)=CCC2F)C(=O)c2nn(C)c3c2COc2cc(F)c(F)cc2-3)c1. The number of allylic oxidation sites excluding steroid dienone is 2. The molecule has 0 fully saturated rings. The van der Waals surface area contributed by atoms with Crippen molar-refractivity contribution in [2.45, 2.75) is 32.7 Å². The van der Waals surface area contributed by atoms with Gasteiger partial charge in [0, 0.05) is 56.0 Å². The summed E-state index contributed by atoms with van der Waals surface area (Å²) in [7, 11) is 1.61. The number of aryl methyl sites for hydroxylation is 2. The summed E-state index contributed by atoms with van der Waals surface area (Å²) in [5, 5.41) is 16.6. The lowest BCUT2D eigenvalue weighted by atomic mass is 10.0. The first-order valence-electron chi connectivity index (χ1n) is 12.7. The molecule has 0 bridgehead atoms. The molecule has 1 aromatic heterocycles. The van der Waals surface area contributed by atoms with Gasteiger partial charge in [0.1, 0.15) is 18.5 Å². The topological polar surface area (TPSA) is 96.7 Å². The molecule has 8 nitrogen and oxygen atoms in total. The maximum absolute atomic E-state index is 14.5. The van der Waals surface area contributed by atoms with Gasteiger partial charge in [0.2, 0.25) is 0 Å². The molecule has 2 aliphatic rings. The number of aromatic nitrogens is 2. The molecule has 0 radical (unpaired) electrons. The maximum atomic E-state index is 14.5. The van der Waals surface area contributed by atoms with E-state index in [2.05, 4.69) is 10.4 Å². The molecule has 2 heterocycles. The third-order valence-corrected chi connectivity index (χ3v) is 6.89. The molecule has 40 heavy (non-hydrogen) atoms. The van der Waals surface area contributed by atoms with Gasteiger partial charge in [-0.1, -0.05) is 35.9 Å². The molecule has 1 unspecified atom stereocenters. The lowest BCUT2D eigenvalue weighted by Gasteiger charge is -2.25. The van der Waals surface area contributed by atoms with Crippen LogP contribution in [0.1, 0.15) is 33.6 Å². The van der Waals surface area contributed by atoms with Crippen molar-refractivity contribution in [3.63, 3.8) is 0 Å². The van der Waals surface area contributed by atoms with Gasteiger partial charge in [-0.25, -0.2) is 18.0 Å². The van der Waals surface area contributed by atoms with Crippen molar-refractivity contribution in [3.05, 3.63) is 93.8 Å². The number of fused-ring (bicyclic) bond motifs is 3. The average molecular weight is 553 g/mol. The fourth-order valence-electron chi connectivity index (χ4n) is 4.95. The molecule has 1 aliphatic carbocycles. The summed E-state index contributed by atoms with van der Waals surface area (Å²) in [5.41, 5.74) is 3.32. The smallest absolute Gasteiger partial charge is 0.335 e. The number of hydrogen-bond acceptors (Lipinski definition) is 5. The normalized spacial score (nSPS) is 15.8. The van der Waals surface area contributed by atoms with E-state index in [0.29, 0.717) is 16.8 Å². The summed E-state index contributed by atoms with van der Waals surface area (Å²) in [6.07, 6.45) is 1.15. The number of carbonyl (C=O) groups excluding carboxylic acids is 1. The molecular weight excluding hydrogens is 525 g/mol. The number of rotatable bonds is 8. The van der Waals surface area contributed by atoms with E-state index in [1.165, 1.54) is 16.8 Å². The van der Waals surface area contributed by atoms with Crippen molar-refractivity contribution < 1.29 is 32.6 Å². The molecule has 3 aromatic rings. The summed E-state index contributed by atoms with van der Waals surface area (Å²) < 4.78 is 49.4. The molecule has 2 aromatic carbocycles. The minimum absolute atomic E-state index is 0.000746. The van der Waals surface area contributed by atoms with E-state index in [9.17, 15) is 27.9 Å². The van der Waals surface area contributed by atoms with Gasteiger partial charge in [-0.15, -0.1) is 0 Å². The van der Waals surface area contributed by atoms with Gasteiger partial charge >= 0.3 is 5.97 Å². The number of benzene rings is 2. The zero-order valence-corrected chi connectivity index (χ0v) is 21.9. The Morgan fingerprint density at radius 2 is 2.00 bits per heavy atom. The van der Waals surface area contributed by atoms with Crippen molar-refractivity contribution in [2.24, 2.45) is 7.05 Å². The summed E-state index contributed by atoms with van der Waals surface area (Å²) in [5.74, 6) is -3.48. The number of nitrogens with zero attached hydrogens (tertiary/aromatic N) is 3. The molecule has 0 spiro atoms. The van der Waals surface area contributed by atoms with Crippen LogP contribution >= 0.6 is 0 Å². The number of amides is 1. The number of alkyl halides is 1. The summed E-state index contributed by atoms with van der Waals surface area (Å²) in [6.45, 7) is 2.40. The lowest BCUT2D eigenvalue weighted by Crippen LogP contribution is -2.38. The van der Waals surface area contributed by atoms with Crippen LogP contribution < -0.4 is 10.1 Å². The van der Waals surface area contributed by atoms with Crippen molar-refractivity contribution in [2.75, 3.05) is 13.1 Å². The quantitative estimate of drug-likeness (QED) is 0.429. The van der Waals surface area contributed by atoms with Crippen LogP contribution in [0.15, 0.2) is 59.8 Å². The van der Waals surface area contributed by atoms with Crippen LogP contribution in [0, 0.1) is 18.6 Å². The first-order valence-corrected chi connectivity index (χ1v) is 12.7. The van der Waals surface area contributed by atoms with Crippen LogP contribution in [-0.2, 0) is 25.0 Å². The van der Waals surface area contributed by atoms with Gasteiger partial charge in [0.05, 0.1) is 11.3 Å². The Labute approximate surface area is 228 Å². The molecule has 11 heteroatoms. The highest BCUT2D eigenvalue weighted by Crippen LogP contribution is 2.40. The fraction of sp³-hybridized carbons (Fsp3) is 0.276. The zero-order chi connectivity index (χ0) is 28.6. The van der Waals surface area contributed by atoms with Crippen LogP contribution in [-0.4, -0.2) is 50.9 Å². The van der Waals surface area contributed by atoms with Gasteiger partial charge < -0.3 is 20.1 Å². The van der Waals surface area contributed by atoms with Gasteiger partial charge in [0.15, 0.2) is 17.3 Å². The zero-order valence-electron chi connectivity index (χ0n) is 21.9. The number of ether oxygens (including phenoxy) is 1. The highest BCUT2D eigenvalue weighted by Gasteiger charge is 2.32. The number of hydrogen-bond donors (Lipinski definition) is 2. The average Bonchev–Trinajstić information content (AvgIpc) is 3.26. The van der Waals surface area contributed by atoms with Crippen molar-refractivity contribution >= 4 is 11.9 Å². The first-order chi connectivity index (χ1) is 19.1. The number of halogens is 3. The van der Waals surface area contributed by atoms with E-state index in [1.54, 1.807) is 11.9 Å². The number of carboxylic acid groups (broad SMARTS) is 1. The predicted octanol–water partition coefficient (Wildman–Crippen LogP) is 4.43. The van der Waals surface area contributed by atoms with E-state index >= 15 is 0 Å². The molecule has 1 amide bonds. The third-order valence-electron chi connectivity index (χ3n) is 6.89. The van der Waals surface area contributed by atoms with E-state index in [4.69, 9.17) is 4.74 Å². The Hall–Kier alpha value is -4.54. The predicted molar refractivity (Wildman–Crippen MR) is 140 cm³/mol. The second-order valence-electron chi connectivity index (χ2n) is 9.76. The first kappa shape index (κ1) is 27.0. The van der Waals surface area contributed by atoms with Crippen LogP contribution in [0.3, 0.4) is 0 Å². The molecule has 208 valence electrons. The monoisotopic (exact) mass is 552 g/mol. The van der Waals surface area contributed by atoms with Gasteiger partial charge in [-0.2, -0.15) is 5.10 Å². The van der Waals surface area contributed by atoms with Gasteiger partial charge in [-0.05, 0) is 24.6 Å². The third kappa shape index (κ3) is 5.31. The fourth-order valence-corrected chi connectivity index (χ4v) is 4.95. The minimum Gasteiger partial charge on any atom is -0.488 e. The molecule has 0 saturated heterocycles. The maximum Gasteiger partial charge on any atom is 0.335 e. The highest BCUT2D eigenvalue weighted by atomic mass is 19.2. The van der Waals surface area contributed by atoms with E-state index in [-0.39, 0.29) is 55.4 Å². The Morgan fingerprint density at radius 1 is 1.23 bits per heavy atom. The standard InChI is InChI=1S/C29H27F3N4O4/c1-16-4-3-5-17(10-16)14-36(9-8-33-24-11-18(29(38)39)6-7-21(24)30)28(37)26-20-15-40-25-13-23(32)22(31)12-19(25)27(20)35(2)34-26/h3-6,10-13,21,33H,7-9,14-15H2,1-2H3,(H,38,39). The van der Waals surface area contributed by atoms with Crippen molar-refractivity contribution in [1.29, 1.82) is 0 Å².